The number of rotatable bonds is 10. The topological polar surface area (TPSA) is 142 Å². The van der Waals surface area contributed by atoms with Crippen LogP contribution in [0.15, 0.2) is 17.6 Å². The van der Waals surface area contributed by atoms with Gasteiger partial charge in [-0.25, -0.2) is 19.2 Å². The molecular weight excluding hydrogens is 402 g/mol. The Hall–Kier alpha value is -2.41. The number of nitrogens with zero attached hydrogens (tertiary/aromatic N) is 1. The first-order chi connectivity index (χ1) is 12.9. The van der Waals surface area contributed by atoms with Gasteiger partial charge in [0.25, 0.3) is 0 Å². The Morgan fingerprint density at radius 1 is 1.07 bits per heavy atom. The Morgan fingerprint density at radius 2 is 1.70 bits per heavy atom. The van der Waals surface area contributed by atoms with Crippen LogP contribution in [-0.4, -0.2) is 75.6 Å². The molecule has 0 saturated carbocycles. The highest BCUT2D eigenvalue weighted by Gasteiger charge is 2.08. The lowest BCUT2D eigenvalue weighted by molar-refractivity contribution is -0.144. The standard InChI is InChI=1S/C14H21N3O8S2/c1-4-10(16-12(19)15-2)17-13(20)23-5-7-26-27-8-6-24-14(21)25-9-11(18)22-3/h4H,1,5-9H2,2-3H3,(H2,15,16,17,19,20). The zero-order valence-corrected chi connectivity index (χ0v) is 16.5. The molecule has 0 radical (unpaired) electrons. The highest BCUT2D eigenvalue weighted by Crippen LogP contribution is 2.20. The number of hydrogen-bond acceptors (Lipinski definition) is 10. The highest BCUT2D eigenvalue weighted by atomic mass is 33.1. The van der Waals surface area contributed by atoms with Crippen LogP contribution in [0.4, 0.5) is 14.4 Å². The van der Waals surface area contributed by atoms with Crippen molar-refractivity contribution in [1.29, 1.82) is 0 Å². The van der Waals surface area contributed by atoms with Crippen LogP contribution in [0, 0.1) is 0 Å². The Bertz CT molecular complexity index is 556. The molecule has 0 aliphatic carbocycles. The second-order valence-corrected chi connectivity index (χ2v) is 6.83. The SMILES string of the molecule is C=CC(=NC(=O)OCCSSCCOC(=O)OCC(=O)OC)NC(=O)NC. The van der Waals surface area contributed by atoms with E-state index in [4.69, 9.17) is 9.47 Å². The van der Waals surface area contributed by atoms with E-state index in [1.165, 1.54) is 41.8 Å². The minimum Gasteiger partial charge on any atom is -0.466 e. The smallest absolute Gasteiger partial charge is 0.466 e. The number of esters is 1. The highest BCUT2D eigenvalue weighted by molar-refractivity contribution is 8.76. The van der Waals surface area contributed by atoms with E-state index in [0.29, 0.717) is 11.5 Å². The molecule has 13 heteroatoms. The van der Waals surface area contributed by atoms with E-state index in [0.717, 1.165) is 0 Å². The number of ether oxygens (including phenoxy) is 4. The van der Waals surface area contributed by atoms with E-state index in [2.05, 4.69) is 31.7 Å². The second-order valence-electron chi connectivity index (χ2n) is 4.13. The molecule has 0 unspecified atom stereocenters. The van der Waals surface area contributed by atoms with Gasteiger partial charge in [0, 0.05) is 18.6 Å². The summed E-state index contributed by atoms with van der Waals surface area (Å²) in [6.45, 7) is 3.11. The molecule has 2 N–H and O–H groups in total. The number of hydrogen-bond donors (Lipinski definition) is 2. The van der Waals surface area contributed by atoms with Crippen molar-refractivity contribution in [2.75, 3.05) is 45.5 Å². The van der Waals surface area contributed by atoms with Crippen molar-refractivity contribution in [3.8, 4) is 0 Å². The molecule has 0 bridgehead atoms. The van der Waals surface area contributed by atoms with Gasteiger partial charge >= 0.3 is 24.2 Å². The number of methoxy groups -OCH3 is 1. The number of amidine groups is 1. The van der Waals surface area contributed by atoms with Gasteiger partial charge in [-0.2, -0.15) is 4.99 Å². The van der Waals surface area contributed by atoms with Gasteiger partial charge in [-0.3, -0.25) is 5.32 Å². The Morgan fingerprint density at radius 3 is 2.26 bits per heavy atom. The van der Waals surface area contributed by atoms with Gasteiger partial charge in [-0.15, -0.1) is 0 Å². The van der Waals surface area contributed by atoms with Crippen LogP contribution in [0.5, 0.6) is 0 Å². The molecule has 152 valence electrons. The quantitative estimate of drug-likeness (QED) is 0.132. The van der Waals surface area contributed by atoms with E-state index in [1.807, 2.05) is 0 Å². The molecule has 0 aromatic carbocycles. The molecule has 0 rings (SSSR count). The minimum absolute atomic E-state index is 0.0300. The largest absolute Gasteiger partial charge is 0.508 e. The summed E-state index contributed by atoms with van der Waals surface area (Å²) >= 11 is 0. The molecule has 0 aromatic heterocycles. The average Bonchev–Trinajstić information content (AvgIpc) is 2.67. The first-order valence-corrected chi connectivity index (χ1v) is 9.89. The van der Waals surface area contributed by atoms with Gasteiger partial charge in [-0.1, -0.05) is 28.2 Å². The van der Waals surface area contributed by atoms with Crippen LogP contribution in [0.3, 0.4) is 0 Å². The summed E-state index contributed by atoms with van der Waals surface area (Å²) in [6, 6.07) is -0.537. The summed E-state index contributed by atoms with van der Waals surface area (Å²) in [4.78, 5) is 47.9. The predicted octanol–water partition coefficient (Wildman–Crippen LogP) is 1.34. The zero-order chi connectivity index (χ0) is 20.5. The zero-order valence-electron chi connectivity index (χ0n) is 14.8. The maximum atomic E-state index is 11.5. The fourth-order valence-corrected chi connectivity index (χ4v) is 2.75. The fraction of sp³-hybridized carbons (Fsp3) is 0.500. The minimum atomic E-state index is -0.957. The summed E-state index contributed by atoms with van der Waals surface area (Å²) < 4.78 is 18.4. The van der Waals surface area contributed by atoms with E-state index < -0.39 is 30.9 Å². The lowest BCUT2D eigenvalue weighted by Crippen LogP contribution is -2.36. The van der Waals surface area contributed by atoms with Crippen molar-refractivity contribution < 1.29 is 38.1 Å². The number of urea groups is 1. The van der Waals surface area contributed by atoms with E-state index in [-0.39, 0.29) is 19.0 Å². The molecule has 0 atom stereocenters. The van der Waals surface area contributed by atoms with Gasteiger partial charge in [-0.05, 0) is 6.08 Å². The molecule has 0 aliphatic heterocycles. The van der Waals surface area contributed by atoms with E-state index in [9.17, 15) is 19.2 Å². The summed E-state index contributed by atoms with van der Waals surface area (Å²) in [7, 11) is 5.37. The number of aliphatic imine (C=N–C) groups is 1. The maximum absolute atomic E-state index is 11.5. The molecule has 0 spiro atoms. The first kappa shape index (κ1) is 24.6. The fourth-order valence-electron chi connectivity index (χ4n) is 1.09. The molecule has 0 saturated heterocycles. The van der Waals surface area contributed by atoms with Gasteiger partial charge in [0.15, 0.2) is 6.61 Å². The molecular formula is C14H21N3O8S2. The summed E-state index contributed by atoms with van der Waals surface area (Å²) in [5.41, 5.74) is 0. The van der Waals surface area contributed by atoms with Gasteiger partial charge in [0.2, 0.25) is 0 Å². The maximum Gasteiger partial charge on any atom is 0.508 e. The first-order valence-electron chi connectivity index (χ1n) is 7.40. The predicted molar refractivity (Wildman–Crippen MR) is 101 cm³/mol. The van der Waals surface area contributed by atoms with Crippen LogP contribution in [-0.2, 0) is 23.7 Å². The molecule has 0 heterocycles. The van der Waals surface area contributed by atoms with E-state index >= 15 is 0 Å². The Kier molecular flexibility index (Phi) is 14.4. The van der Waals surface area contributed by atoms with Crippen molar-refractivity contribution >= 4 is 51.7 Å². The molecule has 3 amide bonds. The van der Waals surface area contributed by atoms with Crippen LogP contribution in [0.2, 0.25) is 0 Å². The van der Waals surface area contributed by atoms with Crippen molar-refractivity contribution in [3.05, 3.63) is 12.7 Å². The lowest BCUT2D eigenvalue weighted by Gasteiger charge is -2.05. The Balaban J connectivity index is 3.72. The third-order valence-electron chi connectivity index (χ3n) is 2.27. The van der Waals surface area contributed by atoms with Crippen LogP contribution >= 0.6 is 21.6 Å². The van der Waals surface area contributed by atoms with Crippen LogP contribution in [0.25, 0.3) is 0 Å². The van der Waals surface area contributed by atoms with Crippen molar-refractivity contribution in [1.82, 2.24) is 10.6 Å². The molecule has 11 nitrogen and oxygen atoms in total. The second kappa shape index (κ2) is 15.8. The van der Waals surface area contributed by atoms with Crippen LogP contribution in [0.1, 0.15) is 0 Å². The number of amides is 3. The van der Waals surface area contributed by atoms with Crippen molar-refractivity contribution in [3.63, 3.8) is 0 Å². The lowest BCUT2D eigenvalue weighted by atomic mass is 10.5. The number of carbonyl (C=O) groups is 4. The molecule has 0 aromatic rings. The van der Waals surface area contributed by atoms with Gasteiger partial charge in [0.1, 0.15) is 19.0 Å². The number of nitrogens with one attached hydrogen (secondary N) is 2. The summed E-state index contributed by atoms with van der Waals surface area (Å²) in [5.74, 6) is 0.240. The number of carbonyl (C=O) groups excluding carboxylic acids is 4. The Labute approximate surface area is 164 Å². The normalized spacial score (nSPS) is 10.4. The third-order valence-corrected chi connectivity index (χ3v) is 4.60. The summed E-state index contributed by atoms with van der Waals surface area (Å²) in [5, 5.41) is 4.60. The molecule has 0 fully saturated rings. The van der Waals surface area contributed by atoms with Crippen LogP contribution < -0.4 is 10.6 Å². The monoisotopic (exact) mass is 423 g/mol. The van der Waals surface area contributed by atoms with E-state index in [1.54, 1.807) is 0 Å². The van der Waals surface area contributed by atoms with Gasteiger partial charge < -0.3 is 24.3 Å². The van der Waals surface area contributed by atoms with Crippen molar-refractivity contribution in [2.24, 2.45) is 4.99 Å². The third kappa shape index (κ3) is 14.4. The molecule has 0 aliphatic rings. The summed E-state index contributed by atoms with van der Waals surface area (Å²) in [6.07, 6.45) is -0.609. The molecule has 27 heavy (non-hydrogen) atoms. The average molecular weight is 423 g/mol. The van der Waals surface area contributed by atoms with Gasteiger partial charge in [0.05, 0.1) is 7.11 Å². The van der Waals surface area contributed by atoms with Crippen molar-refractivity contribution in [2.45, 2.75) is 0 Å².